The first kappa shape index (κ1) is 8.05. The van der Waals surface area contributed by atoms with E-state index >= 15 is 0 Å². The minimum absolute atomic E-state index is 0.193. The lowest BCUT2D eigenvalue weighted by atomic mass is 10.0. The lowest BCUT2D eigenvalue weighted by molar-refractivity contribution is 0.603. The zero-order valence-corrected chi connectivity index (χ0v) is 6.76. The lowest BCUT2D eigenvalue weighted by Gasteiger charge is -2.07. The first-order valence-corrected chi connectivity index (χ1v) is 3.67. The highest BCUT2D eigenvalue weighted by atomic mass is 19.1. The van der Waals surface area contributed by atoms with Crippen LogP contribution in [-0.2, 0) is 0 Å². The van der Waals surface area contributed by atoms with Gasteiger partial charge < -0.3 is 5.73 Å². The molecule has 0 radical (unpaired) electrons. The molecule has 1 aromatic rings. The predicted molar refractivity (Wildman–Crippen MR) is 44.9 cm³/mol. The average Bonchev–Trinajstić information content (AvgIpc) is 1.94. The van der Waals surface area contributed by atoms with E-state index < -0.39 is 0 Å². The quantitative estimate of drug-likeness (QED) is 0.616. The molecule has 1 aromatic carbocycles. The van der Waals surface area contributed by atoms with Crippen LogP contribution in [0.25, 0.3) is 0 Å². The van der Waals surface area contributed by atoms with Gasteiger partial charge in [-0.3, -0.25) is 0 Å². The zero-order chi connectivity index (χ0) is 8.43. The molecule has 0 amide bonds. The van der Waals surface area contributed by atoms with Crippen molar-refractivity contribution in [3.8, 4) is 0 Å². The predicted octanol–water partition coefficient (Wildman–Crippen LogP) is 2.53. The summed E-state index contributed by atoms with van der Waals surface area (Å²) in [6, 6.07) is 5.10. The molecule has 11 heavy (non-hydrogen) atoms. The summed E-state index contributed by atoms with van der Waals surface area (Å²) < 4.78 is 13.1. The largest absolute Gasteiger partial charge is 0.396 e. The van der Waals surface area contributed by atoms with E-state index in [0.717, 1.165) is 0 Å². The second-order valence-corrected chi connectivity index (χ2v) is 2.91. The summed E-state index contributed by atoms with van der Waals surface area (Å²) in [5.41, 5.74) is 6.30. The van der Waals surface area contributed by atoms with Gasteiger partial charge in [-0.15, -0.1) is 0 Å². The highest BCUT2D eigenvalue weighted by molar-refractivity contribution is 5.43. The summed E-state index contributed by atoms with van der Waals surface area (Å²) in [4.78, 5) is 0. The van der Waals surface area contributed by atoms with E-state index in [2.05, 4.69) is 0 Å². The fourth-order valence-electron chi connectivity index (χ4n) is 1.01. The Morgan fingerprint density at radius 3 is 2.45 bits per heavy atom. The number of benzene rings is 1. The molecule has 60 valence electrons. The van der Waals surface area contributed by atoms with E-state index in [4.69, 9.17) is 5.73 Å². The van der Waals surface area contributed by atoms with Gasteiger partial charge in [0.1, 0.15) is 5.82 Å². The van der Waals surface area contributed by atoms with Crippen LogP contribution >= 0.6 is 0 Å². The van der Waals surface area contributed by atoms with E-state index in [1.54, 1.807) is 18.2 Å². The molecule has 2 heteroatoms. The van der Waals surface area contributed by atoms with Crippen molar-refractivity contribution in [1.29, 1.82) is 0 Å². The molecule has 0 aliphatic rings. The molecule has 1 nitrogen and oxygen atoms in total. The third-order valence-electron chi connectivity index (χ3n) is 1.68. The molecule has 0 aromatic heterocycles. The molecule has 0 saturated carbocycles. The average molecular weight is 153 g/mol. The Hall–Kier alpha value is -1.05. The Balaban J connectivity index is 3.17. The van der Waals surface area contributed by atoms with Gasteiger partial charge in [-0.1, -0.05) is 26.0 Å². The summed E-state index contributed by atoms with van der Waals surface area (Å²) in [5, 5.41) is 0. The maximum atomic E-state index is 13.1. The van der Waals surface area contributed by atoms with Crippen LogP contribution < -0.4 is 5.73 Å². The van der Waals surface area contributed by atoms with Crippen LogP contribution in [0.4, 0.5) is 10.1 Å². The van der Waals surface area contributed by atoms with Crippen LogP contribution in [0.2, 0.25) is 0 Å². The number of hydrogen-bond acceptors (Lipinski definition) is 1. The van der Waals surface area contributed by atoms with Gasteiger partial charge >= 0.3 is 0 Å². The van der Waals surface area contributed by atoms with Crippen LogP contribution in [-0.4, -0.2) is 0 Å². The molecular weight excluding hydrogens is 141 g/mol. The number of nitrogens with two attached hydrogens (primary N) is 1. The van der Waals surface area contributed by atoms with Crippen molar-refractivity contribution in [2.45, 2.75) is 19.8 Å². The number of halogens is 1. The van der Waals surface area contributed by atoms with Crippen molar-refractivity contribution in [2.75, 3.05) is 5.73 Å². The molecule has 0 fully saturated rings. The second kappa shape index (κ2) is 2.91. The van der Waals surface area contributed by atoms with Crippen LogP contribution in [0.3, 0.4) is 0 Å². The van der Waals surface area contributed by atoms with Crippen molar-refractivity contribution in [1.82, 2.24) is 0 Å². The SMILES string of the molecule is CC(C)c1cccc(N)c1F. The zero-order valence-electron chi connectivity index (χ0n) is 6.76. The van der Waals surface area contributed by atoms with Gasteiger partial charge in [-0.2, -0.15) is 0 Å². The van der Waals surface area contributed by atoms with Gasteiger partial charge in [0.15, 0.2) is 0 Å². The van der Waals surface area contributed by atoms with Crippen molar-refractivity contribution >= 4 is 5.69 Å². The highest BCUT2D eigenvalue weighted by Crippen LogP contribution is 2.21. The van der Waals surface area contributed by atoms with Crippen molar-refractivity contribution in [3.63, 3.8) is 0 Å². The van der Waals surface area contributed by atoms with Gasteiger partial charge in [0.05, 0.1) is 5.69 Å². The summed E-state index contributed by atoms with van der Waals surface area (Å²) in [5.74, 6) is -0.0824. The third-order valence-corrected chi connectivity index (χ3v) is 1.68. The van der Waals surface area contributed by atoms with Gasteiger partial charge in [0, 0.05) is 0 Å². The Morgan fingerprint density at radius 1 is 1.36 bits per heavy atom. The van der Waals surface area contributed by atoms with Crippen molar-refractivity contribution in [3.05, 3.63) is 29.6 Å². The Morgan fingerprint density at radius 2 is 2.00 bits per heavy atom. The van der Waals surface area contributed by atoms with E-state index in [0.29, 0.717) is 5.56 Å². The monoisotopic (exact) mass is 153 g/mol. The fourth-order valence-corrected chi connectivity index (χ4v) is 1.01. The van der Waals surface area contributed by atoms with Crippen molar-refractivity contribution < 1.29 is 4.39 Å². The van der Waals surface area contributed by atoms with E-state index in [9.17, 15) is 4.39 Å². The standard InChI is InChI=1S/C9H12FN/c1-6(2)7-4-3-5-8(11)9(7)10/h3-6H,11H2,1-2H3. The van der Waals surface area contributed by atoms with Crippen LogP contribution in [0.5, 0.6) is 0 Å². The third kappa shape index (κ3) is 1.50. The smallest absolute Gasteiger partial charge is 0.149 e. The van der Waals surface area contributed by atoms with E-state index in [-0.39, 0.29) is 17.4 Å². The van der Waals surface area contributed by atoms with Crippen LogP contribution in [0.15, 0.2) is 18.2 Å². The summed E-state index contributed by atoms with van der Waals surface area (Å²) in [6.45, 7) is 3.88. The number of hydrogen-bond donors (Lipinski definition) is 1. The van der Waals surface area contributed by atoms with Gasteiger partial charge in [0.2, 0.25) is 0 Å². The van der Waals surface area contributed by atoms with Gasteiger partial charge in [-0.05, 0) is 17.5 Å². The first-order chi connectivity index (χ1) is 5.13. The molecule has 0 aliphatic carbocycles. The molecule has 0 heterocycles. The van der Waals surface area contributed by atoms with Gasteiger partial charge in [-0.25, -0.2) is 4.39 Å². The highest BCUT2D eigenvalue weighted by Gasteiger charge is 2.07. The number of nitrogen functional groups attached to an aromatic ring is 1. The van der Waals surface area contributed by atoms with E-state index in [1.165, 1.54) is 0 Å². The second-order valence-electron chi connectivity index (χ2n) is 2.91. The molecule has 0 unspecified atom stereocenters. The molecule has 2 N–H and O–H groups in total. The maximum absolute atomic E-state index is 13.1. The Labute approximate surface area is 66.0 Å². The number of anilines is 1. The molecule has 0 aliphatic heterocycles. The molecular formula is C9H12FN. The summed E-state index contributed by atoms with van der Waals surface area (Å²) in [6.07, 6.45) is 0. The summed E-state index contributed by atoms with van der Waals surface area (Å²) in [7, 11) is 0. The lowest BCUT2D eigenvalue weighted by Crippen LogP contribution is -1.97. The normalized spacial score (nSPS) is 10.5. The minimum atomic E-state index is -0.275. The van der Waals surface area contributed by atoms with E-state index in [1.807, 2.05) is 13.8 Å². The topological polar surface area (TPSA) is 26.0 Å². The van der Waals surface area contributed by atoms with Crippen molar-refractivity contribution in [2.24, 2.45) is 0 Å². The number of rotatable bonds is 1. The van der Waals surface area contributed by atoms with Crippen LogP contribution in [0.1, 0.15) is 25.3 Å². The molecule has 0 saturated heterocycles. The van der Waals surface area contributed by atoms with Gasteiger partial charge in [0.25, 0.3) is 0 Å². The maximum Gasteiger partial charge on any atom is 0.149 e. The molecule has 1 rings (SSSR count). The van der Waals surface area contributed by atoms with Crippen LogP contribution in [0, 0.1) is 5.82 Å². The molecule has 0 bridgehead atoms. The molecule has 0 spiro atoms. The Bertz CT molecular complexity index is 256. The Kier molecular flexibility index (Phi) is 2.13. The molecule has 0 atom stereocenters. The first-order valence-electron chi connectivity index (χ1n) is 3.67. The summed E-state index contributed by atoms with van der Waals surface area (Å²) >= 11 is 0. The minimum Gasteiger partial charge on any atom is -0.396 e. The fraction of sp³-hybridized carbons (Fsp3) is 0.333.